The lowest BCUT2D eigenvalue weighted by molar-refractivity contribution is 0.0907. The van der Waals surface area contributed by atoms with Crippen molar-refractivity contribution in [2.45, 2.75) is 48.7 Å². The zero-order chi connectivity index (χ0) is 18.4. The van der Waals surface area contributed by atoms with E-state index in [1.165, 1.54) is 0 Å². The fourth-order valence-corrected chi connectivity index (χ4v) is 6.38. The highest BCUT2D eigenvalue weighted by atomic mass is 16.5. The van der Waals surface area contributed by atoms with Gasteiger partial charge in [0, 0.05) is 30.1 Å². The molecule has 1 amide bonds. The molecule has 3 fully saturated rings. The SMILES string of the molecule is COc1ccc2nc3c(cc2c1)C(=O)NC1CN2C(CCO)CCC24CC314. The maximum Gasteiger partial charge on any atom is 0.253 e. The molecular weight excluding hydrogens is 342 g/mol. The second kappa shape index (κ2) is 5.00. The zero-order valence-electron chi connectivity index (χ0n) is 15.4. The number of nitrogens with zero attached hydrogens (tertiary/aromatic N) is 2. The first-order chi connectivity index (χ1) is 13.1. The monoisotopic (exact) mass is 365 g/mol. The molecule has 1 aliphatic carbocycles. The third-order valence-electron chi connectivity index (χ3n) is 7.59. The van der Waals surface area contributed by atoms with Crippen molar-refractivity contribution in [3.05, 3.63) is 35.5 Å². The van der Waals surface area contributed by atoms with Crippen LogP contribution in [0.15, 0.2) is 24.3 Å². The first-order valence-electron chi connectivity index (χ1n) is 9.81. The smallest absolute Gasteiger partial charge is 0.253 e. The van der Waals surface area contributed by atoms with Crippen LogP contribution in [0.1, 0.15) is 41.7 Å². The number of piperidine rings is 1. The summed E-state index contributed by atoms with van der Waals surface area (Å²) in [6, 6.07) is 8.38. The van der Waals surface area contributed by atoms with Crippen molar-refractivity contribution < 1.29 is 14.6 Å². The number of hydrogen-bond acceptors (Lipinski definition) is 5. The number of nitrogens with one attached hydrogen (secondary N) is 1. The molecule has 6 nitrogen and oxygen atoms in total. The standard InChI is InChI=1S/C21H23N3O3/c1-27-14-2-3-16-12(8-14)9-15-18(22-16)21-11-20(21)6-4-13(5-7-25)24(20)10-17(21)23-19(15)26/h2-3,8-9,13,17,25H,4-7,10-11H2,1H3,(H,23,26). The van der Waals surface area contributed by atoms with E-state index in [1.54, 1.807) is 7.11 Å². The number of fused-ring (bicyclic) bond motifs is 2. The Hall–Kier alpha value is -2.18. The second-order valence-corrected chi connectivity index (χ2v) is 8.51. The number of aliphatic hydroxyl groups is 1. The van der Waals surface area contributed by atoms with Crippen molar-refractivity contribution in [2.24, 2.45) is 0 Å². The van der Waals surface area contributed by atoms with E-state index >= 15 is 0 Å². The Kier molecular flexibility index (Phi) is 2.93. The summed E-state index contributed by atoms with van der Waals surface area (Å²) < 4.78 is 5.33. The molecule has 1 saturated carbocycles. The number of benzene rings is 1. The maximum atomic E-state index is 12.9. The highest BCUT2D eigenvalue weighted by Crippen LogP contribution is 2.73. The molecule has 2 saturated heterocycles. The normalized spacial score (nSPS) is 36.0. The summed E-state index contributed by atoms with van der Waals surface area (Å²) in [7, 11) is 1.65. The predicted octanol–water partition coefficient (Wildman–Crippen LogP) is 1.60. The average molecular weight is 365 g/mol. The third kappa shape index (κ3) is 1.74. The average Bonchev–Trinajstić information content (AvgIpc) is 3.11. The largest absolute Gasteiger partial charge is 0.497 e. The first-order valence-corrected chi connectivity index (χ1v) is 9.81. The zero-order valence-corrected chi connectivity index (χ0v) is 15.4. The molecule has 3 aliphatic heterocycles. The van der Waals surface area contributed by atoms with Crippen LogP contribution < -0.4 is 10.1 Å². The minimum Gasteiger partial charge on any atom is -0.497 e. The van der Waals surface area contributed by atoms with Crippen LogP contribution in [0.3, 0.4) is 0 Å². The molecule has 6 rings (SSSR count). The molecular formula is C21H23N3O3. The number of carbonyl (C=O) groups is 1. The summed E-state index contributed by atoms with van der Waals surface area (Å²) in [4.78, 5) is 20.5. The van der Waals surface area contributed by atoms with Crippen LogP contribution in [0.4, 0.5) is 0 Å². The highest BCUT2D eigenvalue weighted by Gasteiger charge is 2.82. The van der Waals surface area contributed by atoms with Gasteiger partial charge in [0.2, 0.25) is 0 Å². The Morgan fingerprint density at radius 1 is 1.41 bits per heavy atom. The minimum absolute atomic E-state index is 0.0141. The molecule has 6 heteroatoms. The fraction of sp³-hybridized carbons (Fsp3) is 0.524. The molecule has 4 unspecified atom stereocenters. The van der Waals surface area contributed by atoms with Gasteiger partial charge in [-0.2, -0.15) is 0 Å². The molecule has 4 atom stereocenters. The Balaban J connectivity index is 1.51. The number of aliphatic hydroxyl groups excluding tert-OH is 1. The van der Waals surface area contributed by atoms with Gasteiger partial charge in [-0.15, -0.1) is 0 Å². The second-order valence-electron chi connectivity index (χ2n) is 8.51. The molecule has 2 aromatic rings. The predicted molar refractivity (Wildman–Crippen MR) is 100 cm³/mol. The van der Waals surface area contributed by atoms with Crippen LogP contribution >= 0.6 is 0 Å². The number of amides is 1. The molecule has 2 spiro atoms. The molecule has 1 aromatic carbocycles. The highest BCUT2D eigenvalue weighted by molar-refractivity contribution is 6.01. The molecule has 4 aliphatic rings. The number of pyridine rings is 1. The van der Waals surface area contributed by atoms with Gasteiger partial charge in [-0.25, -0.2) is 0 Å². The van der Waals surface area contributed by atoms with E-state index in [1.807, 2.05) is 24.3 Å². The summed E-state index contributed by atoms with van der Waals surface area (Å²) in [5.74, 6) is 0.758. The molecule has 2 N–H and O–H groups in total. The van der Waals surface area contributed by atoms with Crippen LogP contribution in [0, 0.1) is 0 Å². The van der Waals surface area contributed by atoms with Crippen LogP contribution in [0.2, 0.25) is 0 Å². The Labute approximate surface area is 157 Å². The fourth-order valence-electron chi connectivity index (χ4n) is 6.38. The van der Waals surface area contributed by atoms with Crippen molar-refractivity contribution >= 4 is 16.8 Å². The number of rotatable bonds is 3. The number of hydrogen-bond donors (Lipinski definition) is 2. The lowest BCUT2D eigenvalue weighted by Crippen LogP contribution is -2.51. The van der Waals surface area contributed by atoms with Gasteiger partial charge in [0.05, 0.1) is 35.3 Å². The lowest BCUT2D eigenvalue weighted by Gasteiger charge is -2.32. The van der Waals surface area contributed by atoms with E-state index in [0.29, 0.717) is 6.04 Å². The summed E-state index contributed by atoms with van der Waals surface area (Å²) in [6.07, 6.45) is 4.14. The van der Waals surface area contributed by atoms with Gasteiger partial charge in [-0.3, -0.25) is 14.7 Å². The summed E-state index contributed by atoms with van der Waals surface area (Å²) in [5.41, 5.74) is 2.68. The number of ether oxygens (including phenoxy) is 1. The van der Waals surface area contributed by atoms with Crippen LogP contribution in [0.25, 0.3) is 10.9 Å². The first kappa shape index (κ1) is 15.8. The van der Waals surface area contributed by atoms with Gasteiger partial charge in [0.15, 0.2) is 0 Å². The van der Waals surface area contributed by atoms with Gasteiger partial charge < -0.3 is 15.2 Å². The Bertz CT molecular complexity index is 992. The van der Waals surface area contributed by atoms with Crippen LogP contribution in [-0.2, 0) is 5.41 Å². The summed E-state index contributed by atoms with van der Waals surface area (Å²) >= 11 is 0. The van der Waals surface area contributed by atoms with Gasteiger partial charge >= 0.3 is 0 Å². The van der Waals surface area contributed by atoms with Crippen molar-refractivity contribution in [2.75, 3.05) is 20.3 Å². The molecule has 1 aromatic heterocycles. The molecule has 140 valence electrons. The van der Waals surface area contributed by atoms with E-state index in [4.69, 9.17) is 9.72 Å². The maximum absolute atomic E-state index is 12.9. The lowest BCUT2D eigenvalue weighted by atomic mass is 9.82. The van der Waals surface area contributed by atoms with Crippen LogP contribution in [0.5, 0.6) is 5.75 Å². The van der Waals surface area contributed by atoms with E-state index in [2.05, 4.69) is 10.2 Å². The quantitative estimate of drug-likeness (QED) is 0.864. The van der Waals surface area contributed by atoms with Gasteiger partial charge in [-0.05, 0) is 49.9 Å². The molecule has 27 heavy (non-hydrogen) atoms. The minimum atomic E-state index is -0.0609. The van der Waals surface area contributed by atoms with E-state index in [-0.39, 0.29) is 29.5 Å². The van der Waals surface area contributed by atoms with Crippen molar-refractivity contribution in [3.8, 4) is 5.75 Å². The molecule has 4 heterocycles. The van der Waals surface area contributed by atoms with E-state index < -0.39 is 0 Å². The van der Waals surface area contributed by atoms with Crippen molar-refractivity contribution in [3.63, 3.8) is 0 Å². The molecule has 0 radical (unpaired) electrons. The summed E-state index contributed by atoms with van der Waals surface area (Å²) in [6.45, 7) is 1.10. The Morgan fingerprint density at radius 3 is 3.11 bits per heavy atom. The number of aromatic nitrogens is 1. The van der Waals surface area contributed by atoms with Gasteiger partial charge in [-0.1, -0.05) is 0 Å². The van der Waals surface area contributed by atoms with E-state index in [9.17, 15) is 9.90 Å². The van der Waals surface area contributed by atoms with Crippen LogP contribution in [-0.4, -0.2) is 58.8 Å². The van der Waals surface area contributed by atoms with Crippen molar-refractivity contribution in [1.82, 2.24) is 15.2 Å². The topological polar surface area (TPSA) is 74.7 Å². The van der Waals surface area contributed by atoms with Gasteiger partial charge in [0.25, 0.3) is 5.91 Å². The van der Waals surface area contributed by atoms with E-state index in [0.717, 1.165) is 60.1 Å². The van der Waals surface area contributed by atoms with Crippen molar-refractivity contribution in [1.29, 1.82) is 0 Å². The number of carbonyl (C=O) groups excluding carboxylic acids is 1. The Morgan fingerprint density at radius 2 is 2.30 bits per heavy atom. The molecule has 0 bridgehead atoms. The van der Waals surface area contributed by atoms with Gasteiger partial charge in [0.1, 0.15) is 5.75 Å². The summed E-state index contributed by atoms with van der Waals surface area (Å²) in [5, 5.41) is 13.7. The third-order valence-corrected chi connectivity index (χ3v) is 7.59. The number of methoxy groups -OCH3 is 1.